The number of aliphatic imine (C=N–C) groups is 1. The Labute approximate surface area is 163 Å². The fourth-order valence-corrected chi connectivity index (χ4v) is 2.24. The summed E-state index contributed by atoms with van der Waals surface area (Å²) >= 11 is 4.64. The molecule has 2 aromatic carbocycles. The summed E-state index contributed by atoms with van der Waals surface area (Å²) < 4.78 is 15.0. The highest BCUT2D eigenvalue weighted by atomic mass is 35.5. The molecular formula is C16H21ClN7O2P. The van der Waals surface area contributed by atoms with Crippen LogP contribution in [0.1, 0.15) is 12.5 Å². The van der Waals surface area contributed by atoms with Crippen LogP contribution in [0.4, 0.5) is 11.4 Å². The minimum atomic E-state index is -0.114. The minimum Gasteiger partial charge on any atom is -0.398 e. The van der Waals surface area contributed by atoms with E-state index in [4.69, 9.17) is 17.3 Å². The fourth-order valence-electron chi connectivity index (χ4n) is 1.87. The Balaban J connectivity index is 0.000000248. The molecule has 7 N–H and O–H groups in total. The lowest BCUT2D eigenvalue weighted by atomic mass is 10.2. The minimum absolute atomic E-state index is 0.114. The van der Waals surface area contributed by atoms with Gasteiger partial charge in [-0.1, -0.05) is 18.2 Å². The van der Waals surface area contributed by atoms with Crippen molar-refractivity contribution >= 4 is 53.6 Å². The summed E-state index contributed by atoms with van der Waals surface area (Å²) in [7, 11) is -0.114. The Morgan fingerprint density at radius 2 is 1.81 bits per heavy atom. The first-order chi connectivity index (χ1) is 13.1. The first-order valence-corrected chi connectivity index (χ1v) is 9.16. The lowest BCUT2D eigenvalue weighted by molar-refractivity contribution is 0.316. The van der Waals surface area contributed by atoms with E-state index in [1.165, 1.54) is 6.38 Å². The van der Waals surface area contributed by atoms with Crippen LogP contribution in [0.15, 0.2) is 46.0 Å². The van der Waals surface area contributed by atoms with Crippen LogP contribution < -0.4 is 28.0 Å². The van der Waals surface area contributed by atoms with Crippen molar-refractivity contribution in [3.8, 4) is 0 Å². The predicted molar refractivity (Wildman–Crippen MR) is 110 cm³/mol. The van der Waals surface area contributed by atoms with Gasteiger partial charge in [-0.25, -0.2) is 10.5 Å². The molecule has 3 rings (SSSR count). The number of hydrazine groups is 1. The molecule has 0 spiro atoms. The largest absolute Gasteiger partial charge is 0.398 e. The van der Waals surface area contributed by atoms with Crippen molar-refractivity contribution in [2.24, 2.45) is 10.8 Å². The Hall–Kier alpha value is -2.74. The van der Waals surface area contributed by atoms with Crippen molar-refractivity contribution in [2.45, 2.75) is 13.5 Å². The number of nitrogens with two attached hydrogens (primary N) is 3. The summed E-state index contributed by atoms with van der Waals surface area (Å²) in [6.07, 6.45) is 1.47. The SMILES string of the molecule is CC(=NCc1ccccc1N)NN.CCl.Nc1ccc(P=O)c2nonc12. The maximum Gasteiger partial charge on any atom is 0.194 e. The number of para-hydroxylation sites is 1. The van der Waals surface area contributed by atoms with Crippen molar-refractivity contribution in [1.82, 2.24) is 15.7 Å². The highest BCUT2D eigenvalue weighted by Gasteiger charge is 2.09. The number of nitrogens with one attached hydrogen (secondary N) is 1. The van der Waals surface area contributed by atoms with E-state index in [0.29, 0.717) is 34.4 Å². The van der Waals surface area contributed by atoms with E-state index < -0.39 is 0 Å². The second kappa shape index (κ2) is 11.8. The molecule has 9 nitrogen and oxygen atoms in total. The number of benzene rings is 2. The molecule has 0 bridgehead atoms. The number of aromatic nitrogens is 2. The third kappa shape index (κ3) is 6.49. The van der Waals surface area contributed by atoms with Crippen molar-refractivity contribution in [3.05, 3.63) is 42.0 Å². The predicted octanol–water partition coefficient (Wildman–Crippen LogP) is 2.23. The van der Waals surface area contributed by atoms with Crippen molar-refractivity contribution < 1.29 is 9.19 Å². The number of anilines is 2. The second-order valence-corrected chi connectivity index (χ2v) is 5.64. The van der Waals surface area contributed by atoms with Gasteiger partial charge in [0.05, 0.1) is 17.5 Å². The molecule has 0 aliphatic heterocycles. The third-order valence-electron chi connectivity index (χ3n) is 3.27. The van der Waals surface area contributed by atoms with E-state index in [9.17, 15) is 4.57 Å². The molecule has 1 aromatic heterocycles. The lowest BCUT2D eigenvalue weighted by Gasteiger charge is -2.02. The molecule has 0 saturated carbocycles. The van der Waals surface area contributed by atoms with Crippen molar-refractivity contribution in [1.29, 1.82) is 0 Å². The quantitative estimate of drug-likeness (QED) is 0.0974. The zero-order valence-corrected chi connectivity index (χ0v) is 16.5. The maximum atomic E-state index is 10.6. The molecule has 0 atom stereocenters. The number of alkyl halides is 1. The molecular weight excluding hydrogens is 389 g/mol. The molecule has 11 heteroatoms. The van der Waals surface area contributed by atoms with Gasteiger partial charge in [0.25, 0.3) is 0 Å². The zero-order chi connectivity index (χ0) is 20.2. The number of nitrogens with zero attached hydrogens (tertiary/aromatic N) is 3. The second-order valence-electron chi connectivity index (χ2n) is 4.97. The monoisotopic (exact) mass is 409 g/mol. The van der Waals surface area contributed by atoms with Gasteiger partial charge < -0.3 is 16.9 Å². The van der Waals surface area contributed by atoms with Crippen LogP contribution in [0.5, 0.6) is 0 Å². The standard InChI is InChI=1S/C9H14N4.C6H4N3O2P.CH3Cl/c1-7(13-11)12-6-8-4-2-3-5-9(8)10;7-3-1-2-4(12-10)6-5(3)8-11-9-6;1-2/h2-5H,6,10-11H2,1H3,(H,12,13);1-2H,7H2;1H3. The van der Waals surface area contributed by atoms with E-state index in [-0.39, 0.29) is 8.46 Å². The molecule has 0 radical (unpaired) electrons. The van der Waals surface area contributed by atoms with E-state index in [1.54, 1.807) is 19.1 Å². The molecule has 3 aromatic rings. The van der Waals surface area contributed by atoms with Crippen molar-refractivity contribution in [3.63, 3.8) is 0 Å². The molecule has 0 fully saturated rings. The molecule has 1 heterocycles. The highest BCUT2D eigenvalue weighted by molar-refractivity contribution is 7.34. The number of hydrogen-bond acceptors (Lipinski definition) is 8. The first kappa shape index (κ1) is 22.3. The number of rotatable bonds is 3. The van der Waals surface area contributed by atoms with Crippen LogP contribution in [-0.4, -0.2) is 22.5 Å². The Morgan fingerprint density at radius 3 is 2.44 bits per heavy atom. The van der Waals surface area contributed by atoms with E-state index in [0.717, 1.165) is 11.3 Å². The zero-order valence-electron chi connectivity index (χ0n) is 14.9. The van der Waals surface area contributed by atoms with E-state index >= 15 is 0 Å². The van der Waals surface area contributed by atoms with Gasteiger partial charge in [0.1, 0.15) is 5.84 Å². The van der Waals surface area contributed by atoms with Crippen LogP contribution in [-0.2, 0) is 11.1 Å². The van der Waals surface area contributed by atoms with Crippen LogP contribution in [0, 0.1) is 0 Å². The average molecular weight is 410 g/mol. The molecule has 0 aliphatic carbocycles. The van der Waals surface area contributed by atoms with Gasteiger partial charge >= 0.3 is 0 Å². The van der Waals surface area contributed by atoms with Gasteiger partial charge in [0, 0.05) is 12.1 Å². The number of amidine groups is 1. The summed E-state index contributed by atoms with van der Waals surface area (Å²) in [6.45, 7) is 2.36. The van der Waals surface area contributed by atoms with E-state index in [1.807, 2.05) is 24.3 Å². The maximum absolute atomic E-state index is 10.6. The van der Waals surface area contributed by atoms with Crippen LogP contribution in [0.3, 0.4) is 0 Å². The summed E-state index contributed by atoms with van der Waals surface area (Å²) in [5, 5.41) is 7.68. The smallest absolute Gasteiger partial charge is 0.194 e. The number of fused-ring (bicyclic) bond motifs is 1. The normalized spacial score (nSPS) is 10.6. The Bertz CT molecular complexity index is 901. The Morgan fingerprint density at radius 1 is 1.15 bits per heavy atom. The fraction of sp³-hybridized carbons (Fsp3) is 0.188. The van der Waals surface area contributed by atoms with Gasteiger partial charge in [-0.3, -0.25) is 9.56 Å². The van der Waals surface area contributed by atoms with Crippen LogP contribution in [0.25, 0.3) is 11.0 Å². The third-order valence-corrected chi connectivity index (χ3v) is 3.83. The molecule has 0 unspecified atom stereocenters. The molecule has 27 heavy (non-hydrogen) atoms. The van der Waals surface area contributed by atoms with Gasteiger partial charge in [0.15, 0.2) is 19.5 Å². The van der Waals surface area contributed by atoms with Gasteiger partial charge in [0.2, 0.25) is 0 Å². The molecule has 144 valence electrons. The molecule has 0 saturated heterocycles. The number of hydrogen-bond donors (Lipinski definition) is 4. The Kier molecular flexibility index (Phi) is 9.74. The number of halogens is 1. The molecule has 0 aliphatic rings. The lowest BCUT2D eigenvalue weighted by Crippen LogP contribution is -2.27. The summed E-state index contributed by atoms with van der Waals surface area (Å²) in [5.74, 6) is 5.86. The number of nitrogen functional groups attached to an aromatic ring is 2. The first-order valence-electron chi connectivity index (χ1n) is 7.59. The molecule has 0 amide bonds. The van der Waals surface area contributed by atoms with E-state index in [2.05, 4.69) is 37.0 Å². The topological polar surface area (TPSA) is 158 Å². The van der Waals surface area contributed by atoms with Gasteiger partial charge in [-0.05, 0) is 41.0 Å². The summed E-state index contributed by atoms with van der Waals surface area (Å²) in [6, 6.07) is 10.9. The van der Waals surface area contributed by atoms with Crippen LogP contribution in [0.2, 0.25) is 0 Å². The van der Waals surface area contributed by atoms with Gasteiger partial charge in [-0.15, -0.1) is 11.6 Å². The van der Waals surface area contributed by atoms with Crippen LogP contribution >= 0.6 is 20.1 Å². The summed E-state index contributed by atoms with van der Waals surface area (Å²) in [4.78, 5) is 4.17. The summed E-state index contributed by atoms with van der Waals surface area (Å²) in [5.41, 5.74) is 16.9. The van der Waals surface area contributed by atoms with Crippen molar-refractivity contribution in [2.75, 3.05) is 17.9 Å². The average Bonchev–Trinajstić information content (AvgIpc) is 3.20. The van der Waals surface area contributed by atoms with Gasteiger partial charge in [-0.2, -0.15) is 0 Å². The highest BCUT2D eigenvalue weighted by Crippen LogP contribution is 2.17.